The third-order valence-electron chi connectivity index (χ3n) is 0.927. The van der Waals surface area contributed by atoms with Crippen molar-refractivity contribution in [3.63, 3.8) is 0 Å². The van der Waals surface area contributed by atoms with Gasteiger partial charge in [-0.15, -0.1) is 12.3 Å². The fraction of sp³-hybridized carbons (Fsp3) is 0.667. The number of terminal acetylenes is 1. The van der Waals surface area contributed by atoms with Gasteiger partial charge in [-0.1, -0.05) is 6.92 Å². The minimum Gasteiger partial charge on any atom is -0.265 e. The highest BCUT2D eigenvalue weighted by molar-refractivity contribution is 4.85. The monoisotopic (exact) mass is 127 g/mol. The van der Waals surface area contributed by atoms with Crippen LogP contribution in [0.5, 0.6) is 0 Å². The Hall–Kier alpha value is -1.04. The summed E-state index contributed by atoms with van der Waals surface area (Å²) in [4.78, 5) is 9.48. The Labute approximate surface area is 54.2 Å². The standard InChI is InChI=1S/C6H9NO2/c1-3-4-6(2)5-7(8)9/h1,6H,4-5H2,2H3/t6-/m1/s1. The highest BCUT2D eigenvalue weighted by Gasteiger charge is 2.05. The van der Waals surface area contributed by atoms with Gasteiger partial charge in [0.15, 0.2) is 0 Å². The molecule has 0 aliphatic heterocycles. The Kier molecular flexibility index (Phi) is 3.45. The van der Waals surface area contributed by atoms with Gasteiger partial charge in [-0.3, -0.25) is 10.1 Å². The normalized spacial score (nSPS) is 12.0. The Balaban J connectivity index is 3.40. The predicted molar refractivity (Wildman–Crippen MR) is 34.5 cm³/mol. The molecule has 0 rings (SSSR count). The van der Waals surface area contributed by atoms with Crippen molar-refractivity contribution in [2.45, 2.75) is 13.3 Å². The molecular weight excluding hydrogens is 118 g/mol. The zero-order valence-electron chi connectivity index (χ0n) is 5.33. The fourth-order valence-corrected chi connectivity index (χ4v) is 0.520. The Bertz CT molecular complexity index is 136. The van der Waals surface area contributed by atoms with Crippen molar-refractivity contribution in [2.75, 3.05) is 6.54 Å². The molecule has 3 heteroatoms. The third-order valence-corrected chi connectivity index (χ3v) is 0.927. The van der Waals surface area contributed by atoms with E-state index in [-0.39, 0.29) is 17.4 Å². The molecule has 0 saturated heterocycles. The summed E-state index contributed by atoms with van der Waals surface area (Å²) >= 11 is 0. The largest absolute Gasteiger partial charge is 0.265 e. The summed E-state index contributed by atoms with van der Waals surface area (Å²) in [6.45, 7) is 1.74. The summed E-state index contributed by atoms with van der Waals surface area (Å²) < 4.78 is 0. The number of hydrogen-bond acceptors (Lipinski definition) is 2. The quantitative estimate of drug-likeness (QED) is 0.321. The maximum Gasteiger partial charge on any atom is 0.207 e. The van der Waals surface area contributed by atoms with Crippen LogP contribution in [-0.2, 0) is 0 Å². The minimum atomic E-state index is -0.345. The molecule has 0 aromatic heterocycles. The van der Waals surface area contributed by atoms with Crippen molar-refractivity contribution >= 4 is 0 Å². The molecule has 0 radical (unpaired) electrons. The molecule has 0 N–H and O–H groups in total. The van der Waals surface area contributed by atoms with Gasteiger partial charge in [0, 0.05) is 17.3 Å². The number of rotatable bonds is 3. The van der Waals surface area contributed by atoms with Crippen LogP contribution in [0, 0.1) is 28.4 Å². The lowest BCUT2D eigenvalue weighted by Gasteiger charge is -1.98. The zero-order chi connectivity index (χ0) is 7.28. The molecule has 0 heterocycles. The summed E-state index contributed by atoms with van der Waals surface area (Å²) in [5.41, 5.74) is 0. The molecular formula is C6H9NO2. The number of hydrogen-bond donors (Lipinski definition) is 0. The SMILES string of the molecule is C#CC[C@@H](C)C[N+](=O)[O-]. The number of nitrogens with zero attached hydrogens (tertiary/aromatic N) is 1. The molecule has 3 nitrogen and oxygen atoms in total. The highest BCUT2D eigenvalue weighted by atomic mass is 16.6. The maximum absolute atomic E-state index is 9.82. The van der Waals surface area contributed by atoms with Gasteiger partial charge in [-0.25, -0.2) is 0 Å². The molecule has 0 fully saturated rings. The molecule has 1 atom stereocenters. The van der Waals surface area contributed by atoms with Crippen LogP contribution in [0.25, 0.3) is 0 Å². The van der Waals surface area contributed by atoms with Gasteiger partial charge in [-0.2, -0.15) is 0 Å². The van der Waals surface area contributed by atoms with E-state index >= 15 is 0 Å². The van der Waals surface area contributed by atoms with Crippen molar-refractivity contribution in [2.24, 2.45) is 5.92 Å². The first kappa shape index (κ1) is 7.96. The van der Waals surface area contributed by atoms with E-state index in [1.165, 1.54) is 0 Å². The van der Waals surface area contributed by atoms with Crippen LogP contribution >= 0.6 is 0 Å². The molecule has 0 amide bonds. The van der Waals surface area contributed by atoms with E-state index in [0.29, 0.717) is 6.42 Å². The van der Waals surface area contributed by atoms with Crippen molar-refractivity contribution in [3.8, 4) is 12.3 Å². The molecule has 9 heavy (non-hydrogen) atoms. The van der Waals surface area contributed by atoms with Gasteiger partial charge in [0.05, 0.1) is 0 Å². The molecule has 0 aliphatic carbocycles. The Morgan fingerprint density at radius 3 is 2.78 bits per heavy atom. The molecule has 0 aromatic carbocycles. The predicted octanol–water partition coefficient (Wildman–Crippen LogP) is 0.922. The second kappa shape index (κ2) is 3.90. The lowest BCUT2D eigenvalue weighted by atomic mass is 10.1. The molecule has 0 aliphatic rings. The lowest BCUT2D eigenvalue weighted by molar-refractivity contribution is -0.487. The summed E-state index contributed by atoms with van der Waals surface area (Å²) in [6.07, 6.45) is 5.42. The molecule has 0 spiro atoms. The van der Waals surface area contributed by atoms with Crippen LogP contribution in [-0.4, -0.2) is 11.5 Å². The van der Waals surface area contributed by atoms with E-state index < -0.39 is 0 Å². The van der Waals surface area contributed by atoms with Crippen LogP contribution < -0.4 is 0 Å². The Morgan fingerprint density at radius 1 is 1.89 bits per heavy atom. The van der Waals surface area contributed by atoms with E-state index in [0.717, 1.165) is 0 Å². The first-order valence-electron chi connectivity index (χ1n) is 2.72. The number of nitro groups is 1. The average molecular weight is 127 g/mol. The van der Waals surface area contributed by atoms with Crippen molar-refractivity contribution in [3.05, 3.63) is 10.1 Å². The molecule has 50 valence electrons. The van der Waals surface area contributed by atoms with Crippen molar-refractivity contribution in [1.82, 2.24) is 0 Å². The summed E-state index contributed by atoms with van der Waals surface area (Å²) in [6, 6.07) is 0. The van der Waals surface area contributed by atoms with Crippen LogP contribution in [0.2, 0.25) is 0 Å². The van der Waals surface area contributed by atoms with Gasteiger partial charge in [-0.05, 0) is 0 Å². The van der Waals surface area contributed by atoms with Gasteiger partial charge in [0.2, 0.25) is 6.54 Å². The van der Waals surface area contributed by atoms with Crippen LogP contribution in [0.3, 0.4) is 0 Å². The highest BCUT2D eigenvalue weighted by Crippen LogP contribution is 1.98. The topological polar surface area (TPSA) is 43.1 Å². The van der Waals surface area contributed by atoms with E-state index in [4.69, 9.17) is 6.42 Å². The summed E-state index contributed by atoms with van der Waals surface area (Å²) in [7, 11) is 0. The Morgan fingerprint density at radius 2 is 2.44 bits per heavy atom. The first-order chi connectivity index (χ1) is 4.16. The second-order valence-corrected chi connectivity index (χ2v) is 2.03. The van der Waals surface area contributed by atoms with E-state index in [2.05, 4.69) is 5.92 Å². The first-order valence-corrected chi connectivity index (χ1v) is 2.72. The van der Waals surface area contributed by atoms with Gasteiger partial charge >= 0.3 is 0 Å². The van der Waals surface area contributed by atoms with Crippen LogP contribution in [0.4, 0.5) is 0 Å². The van der Waals surface area contributed by atoms with E-state index in [1.807, 2.05) is 0 Å². The smallest absolute Gasteiger partial charge is 0.207 e. The summed E-state index contributed by atoms with van der Waals surface area (Å²) in [5, 5.41) is 9.82. The fourth-order valence-electron chi connectivity index (χ4n) is 0.520. The molecule has 0 aromatic rings. The molecule has 0 unspecified atom stereocenters. The minimum absolute atomic E-state index is 0.00463. The summed E-state index contributed by atoms with van der Waals surface area (Å²) in [5.74, 6) is 2.37. The maximum atomic E-state index is 9.82. The molecule has 0 saturated carbocycles. The van der Waals surface area contributed by atoms with Crippen molar-refractivity contribution < 1.29 is 4.92 Å². The molecule has 0 bridgehead atoms. The van der Waals surface area contributed by atoms with Gasteiger partial charge in [0.1, 0.15) is 0 Å². The van der Waals surface area contributed by atoms with Crippen molar-refractivity contribution in [1.29, 1.82) is 0 Å². The van der Waals surface area contributed by atoms with Gasteiger partial charge in [0.25, 0.3) is 0 Å². The third kappa shape index (κ3) is 4.82. The zero-order valence-corrected chi connectivity index (χ0v) is 5.33. The van der Waals surface area contributed by atoms with Crippen LogP contribution in [0.15, 0.2) is 0 Å². The average Bonchev–Trinajstić information content (AvgIpc) is 1.63. The second-order valence-electron chi connectivity index (χ2n) is 2.03. The lowest BCUT2D eigenvalue weighted by Crippen LogP contribution is -2.09. The van der Waals surface area contributed by atoms with E-state index in [1.54, 1.807) is 6.92 Å². The van der Waals surface area contributed by atoms with Gasteiger partial charge < -0.3 is 0 Å². The van der Waals surface area contributed by atoms with Crippen LogP contribution in [0.1, 0.15) is 13.3 Å². The van der Waals surface area contributed by atoms with E-state index in [9.17, 15) is 10.1 Å².